The highest BCUT2D eigenvalue weighted by Crippen LogP contribution is 2.30. The lowest BCUT2D eigenvalue weighted by molar-refractivity contribution is 0.0645. The molecule has 6 nitrogen and oxygen atoms in total. The van der Waals surface area contributed by atoms with E-state index in [1.165, 1.54) is 26.4 Å². The van der Waals surface area contributed by atoms with Crippen LogP contribution in [0.25, 0.3) is 0 Å². The molecule has 1 aromatic carbocycles. The van der Waals surface area contributed by atoms with Gasteiger partial charge in [0.05, 0.1) is 14.2 Å². The van der Waals surface area contributed by atoms with Gasteiger partial charge >= 0.3 is 11.9 Å². The average molecular weight is 226 g/mol. The molecule has 1 aromatic rings. The van der Waals surface area contributed by atoms with Crippen molar-refractivity contribution in [2.45, 2.75) is 0 Å². The molecule has 0 spiro atoms. The first-order chi connectivity index (χ1) is 7.52. The number of benzene rings is 1. The van der Waals surface area contributed by atoms with Crippen LogP contribution < -0.4 is 9.47 Å². The highest BCUT2D eigenvalue weighted by molar-refractivity contribution is 6.05. The van der Waals surface area contributed by atoms with E-state index < -0.39 is 23.1 Å². The Hall–Kier alpha value is -2.24. The van der Waals surface area contributed by atoms with Gasteiger partial charge in [-0.15, -0.1) is 0 Å². The molecule has 0 saturated carbocycles. The van der Waals surface area contributed by atoms with Crippen LogP contribution in [0.1, 0.15) is 20.7 Å². The molecule has 1 rings (SSSR count). The third-order valence-corrected chi connectivity index (χ3v) is 2.00. The van der Waals surface area contributed by atoms with E-state index in [2.05, 4.69) is 0 Å². The van der Waals surface area contributed by atoms with Crippen molar-refractivity contribution in [2.24, 2.45) is 0 Å². The maximum atomic E-state index is 11.0. The third-order valence-electron chi connectivity index (χ3n) is 2.00. The van der Waals surface area contributed by atoms with Crippen LogP contribution in [-0.2, 0) is 0 Å². The Morgan fingerprint density at radius 3 is 1.44 bits per heavy atom. The highest BCUT2D eigenvalue weighted by atomic mass is 16.5. The zero-order valence-corrected chi connectivity index (χ0v) is 8.68. The molecule has 0 aliphatic rings. The van der Waals surface area contributed by atoms with E-state index in [-0.39, 0.29) is 11.5 Å². The Morgan fingerprint density at radius 2 is 1.25 bits per heavy atom. The van der Waals surface area contributed by atoms with Crippen molar-refractivity contribution in [2.75, 3.05) is 14.2 Å². The summed E-state index contributed by atoms with van der Waals surface area (Å²) in [5, 5.41) is 17.9. The van der Waals surface area contributed by atoms with Gasteiger partial charge in [-0.2, -0.15) is 0 Å². The molecule has 0 aromatic heterocycles. The SMILES string of the molecule is COc1ccc(OC)c(C(=O)O)c1C(=O)O. The second kappa shape index (κ2) is 4.52. The standard InChI is InChI=1S/C10H10O6/c1-15-5-3-4-6(16-2)8(10(13)14)7(5)9(11)12/h3-4H,1-2H3,(H,11,12)(H,13,14). The van der Waals surface area contributed by atoms with Crippen LogP contribution in [0.5, 0.6) is 11.5 Å². The van der Waals surface area contributed by atoms with Crippen molar-refractivity contribution in [3.05, 3.63) is 23.3 Å². The molecule has 0 amide bonds. The Bertz CT molecular complexity index is 396. The maximum Gasteiger partial charge on any atom is 0.340 e. The van der Waals surface area contributed by atoms with Gasteiger partial charge in [-0.05, 0) is 12.1 Å². The first-order valence-corrected chi connectivity index (χ1v) is 4.24. The summed E-state index contributed by atoms with van der Waals surface area (Å²) in [6.07, 6.45) is 0. The number of hydrogen-bond donors (Lipinski definition) is 2. The van der Waals surface area contributed by atoms with E-state index in [9.17, 15) is 9.59 Å². The minimum Gasteiger partial charge on any atom is -0.496 e. The largest absolute Gasteiger partial charge is 0.496 e. The molecule has 0 unspecified atom stereocenters. The molecule has 86 valence electrons. The van der Waals surface area contributed by atoms with Crippen LogP contribution in [0.4, 0.5) is 0 Å². The summed E-state index contributed by atoms with van der Waals surface area (Å²) in [5.41, 5.74) is -0.844. The number of carboxylic acids is 2. The summed E-state index contributed by atoms with van der Waals surface area (Å²) in [6.45, 7) is 0. The first-order valence-electron chi connectivity index (χ1n) is 4.24. The van der Waals surface area contributed by atoms with Crippen molar-refractivity contribution in [1.29, 1.82) is 0 Å². The van der Waals surface area contributed by atoms with Crippen LogP contribution in [0.3, 0.4) is 0 Å². The van der Waals surface area contributed by atoms with Crippen molar-refractivity contribution in [3.63, 3.8) is 0 Å². The van der Waals surface area contributed by atoms with Gasteiger partial charge in [0.25, 0.3) is 0 Å². The van der Waals surface area contributed by atoms with Crippen LogP contribution in [0.15, 0.2) is 12.1 Å². The number of rotatable bonds is 4. The smallest absolute Gasteiger partial charge is 0.340 e. The van der Waals surface area contributed by atoms with Gasteiger partial charge in [0.2, 0.25) is 0 Å². The summed E-state index contributed by atoms with van der Waals surface area (Å²) >= 11 is 0. The predicted octanol–water partition coefficient (Wildman–Crippen LogP) is 1.10. The van der Waals surface area contributed by atoms with Crippen molar-refractivity contribution >= 4 is 11.9 Å². The predicted molar refractivity (Wildman–Crippen MR) is 53.5 cm³/mol. The maximum absolute atomic E-state index is 11.0. The molecule has 2 N–H and O–H groups in total. The van der Waals surface area contributed by atoms with Gasteiger partial charge in [0, 0.05) is 0 Å². The summed E-state index contributed by atoms with van der Waals surface area (Å²) in [7, 11) is 2.53. The van der Waals surface area contributed by atoms with E-state index in [0.717, 1.165) is 0 Å². The zero-order valence-electron chi connectivity index (χ0n) is 8.68. The van der Waals surface area contributed by atoms with Gasteiger partial charge in [-0.1, -0.05) is 0 Å². The lowest BCUT2D eigenvalue weighted by atomic mass is 10.1. The minimum atomic E-state index is -1.38. The monoisotopic (exact) mass is 226 g/mol. The summed E-state index contributed by atoms with van der Waals surface area (Å²) in [4.78, 5) is 22.0. The quantitative estimate of drug-likeness (QED) is 0.798. The fourth-order valence-electron chi connectivity index (χ4n) is 1.33. The van der Waals surface area contributed by atoms with E-state index >= 15 is 0 Å². The summed E-state index contributed by atoms with van der Waals surface area (Å²) in [6, 6.07) is 2.68. The number of methoxy groups -OCH3 is 2. The molecule has 0 heterocycles. The Kier molecular flexibility index (Phi) is 3.34. The summed E-state index contributed by atoms with van der Waals surface area (Å²) in [5.74, 6) is -2.81. The third kappa shape index (κ3) is 1.90. The molecule has 0 bridgehead atoms. The van der Waals surface area contributed by atoms with E-state index in [1.54, 1.807) is 0 Å². The van der Waals surface area contributed by atoms with Crippen LogP contribution >= 0.6 is 0 Å². The average Bonchev–Trinajstić information content (AvgIpc) is 2.26. The molecule has 0 aliphatic carbocycles. The number of carbonyl (C=O) groups is 2. The lowest BCUT2D eigenvalue weighted by Crippen LogP contribution is -2.11. The molecule has 0 atom stereocenters. The molecular weight excluding hydrogens is 216 g/mol. The first kappa shape index (κ1) is 11.8. The topological polar surface area (TPSA) is 93.1 Å². The number of aromatic carboxylic acids is 2. The number of hydrogen-bond acceptors (Lipinski definition) is 4. The highest BCUT2D eigenvalue weighted by Gasteiger charge is 2.25. The number of carboxylic acid groups (broad SMARTS) is 2. The minimum absolute atomic E-state index is 0.0225. The molecule has 0 radical (unpaired) electrons. The fraction of sp³-hybridized carbons (Fsp3) is 0.200. The molecule has 0 saturated heterocycles. The van der Waals surface area contributed by atoms with Crippen molar-refractivity contribution in [3.8, 4) is 11.5 Å². The van der Waals surface area contributed by atoms with Crippen LogP contribution in [0, 0.1) is 0 Å². The molecule has 0 fully saturated rings. The van der Waals surface area contributed by atoms with Gasteiger partial charge in [-0.3, -0.25) is 0 Å². The summed E-state index contributed by atoms with van der Waals surface area (Å²) < 4.78 is 9.59. The van der Waals surface area contributed by atoms with E-state index in [1.807, 2.05) is 0 Å². The normalized spacial score (nSPS) is 9.62. The van der Waals surface area contributed by atoms with E-state index in [4.69, 9.17) is 19.7 Å². The second-order valence-corrected chi connectivity index (χ2v) is 2.83. The van der Waals surface area contributed by atoms with Gasteiger partial charge in [0.1, 0.15) is 22.6 Å². The van der Waals surface area contributed by atoms with Crippen molar-refractivity contribution in [1.82, 2.24) is 0 Å². The van der Waals surface area contributed by atoms with Gasteiger partial charge in [-0.25, -0.2) is 9.59 Å². The Labute approximate surface area is 91.0 Å². The van der Waals surface area contributed by atoms with E-state index in [0.29, 0.717) is 0 Å². The zero-order chi connectivity index (χ0) is 12.3. The Balaban J connectivity index is 3.60. The Morgan fingerprint density at radius 1 is 0.938 bits per heavy atom. The van der Waals surface area contributed by atoms with Gasteiger partial charge < -0.3 is 19.7 Å². The lowest BCUT2D eigenvalue weighted by Gasteiger charge is -2.11. The molecule has 6 heteroatoms. The molecule has 16 heavy (non-hydrogen) atoms. The molecule has 0 aliphatic heterocycles. The number of ether oxygens (including phenoxy) is 2. The molecular formula is C10H10O6. The van der Waals surface area contributed by atoms with Crippen LogP contribution in [0.2, 0.25) is 0 Å². The van der Waals surface area contributed by atoms with Crippen LogP contribution in [-0.4, -0.2) is 36.4 Å². The second-order valence-electron chi connectivity index (χ2n) is 2.83. The van der Waals surface area contributed by atoms with Crippen molar-refractivity contribution < 1.29 is 29.3 Å². The fourth-order valence-corrected chi connectivity index (χ4v) is 1.33. The van der Waals surface area contributed by atoms with Gasteiger partial charge in [0.15, 0.2) is 0 Å².